The molecule has 0 aliphatic rings. The minimum absolute atomic E-state index is 0.319. The molecule has 4 aromatic rings. The van der Waals surface area contributed by atoms with Crippen LogP contribution in [0.5, 0.6) is 11.5 Å². The molecule has 0 saturated heterocycles. The van der Waals surface area contributed by atoms with Crippen molar-refractivity contribution in [3.8, 4) is 11.5 Å². The van der Waals surface area contributed by atoms with Crippen molar-refractivity contribution >= 4 is 34.0 Å². The number of carbonyl (C=O) groups is 2. The van der Waals surface area contributed by atoms with Crippen LogP contribution in [0.15, 0.2) is 113 Å². The Morgan fingerprint density at radius 3 is 2.23 bits per heavy atom. The van der Waals surface area contributed by atoms with Crippen LogP contribution in [0.3, 0.4) is 0 Å². The minimum Gasteiger partial charge on any atom is -0.489 e. The van der Waals surface area contributed by atoms with Gasteiger partial charge < -0.3 is 9.47 Å². The van der Waals surface area contributed by atoms with E-state index in [-0.39, 0.29) is 5.91 Å². The quantitative estimate of drug-likeness (QED) is 0.131. The standard InChI is InChI=1S/C28H21BrN2O4/c29-24-13-16-26(35-28(33)22-9-5-2-6-10-22)23(17-24)18-30-31-27(32)21-11-14-25(15-12-21)34-19-20-7-3-1-4-8-20/h1-18H,19H2,(H,31,32)/b30-18-. The number of ether oxygens (including phenoxy) is 2. The molecule has 0 fully saturated rings. The number of hydrogen-bond donors (Lipinski definition) is 1. The molecule has 0 bridgehead atoms. The third-order valence-corrected chi connectivity index (χ3v) is 5.41. The zero-order chi connectivity index (χ0) is 24.5. The molecule has 0 aliphatic heterocycles. The molecule has 0 unspecified atom stereocenters. The molecule has 0 heterocycles. The Labute approximate surface area is 211 Å². The van der Waals surface area contributed by atoms with E-state index in [0.717, 1.165) is 10.0 Å². The Balaban J connectivity index is 1.36. The zero-order valence-electron chi connectivity index (χ0n) is 18.6. The van der Waals surface area contributed by atoms with E-state index in [1.165, 1.54) is 6.21 Å². The fraction of sp³-hybridized carbons (Fsp3) is 0.0357. The van der Waals surface area contributed by atoms with Crippen LogP contribution < -0.4 is 14.9 Å². The number of amides is 1. The molecule has 0 aromatic heterocycles. The minimum atomic E-state index is -0.485. The molecular formula is C28H21BrN2O4. The van der Waals surface area contributed by atoms with Gasteiger partial charge in [-0.15, -0.1) is 0 Å². The second kappa shape index (κ2) is 11.8. The van der Waals surface area contributed by atoms with Gasteiger partial charge in [-0.2, -0.15) is 5.10 Å². The molecule has 35 heavy (non-hydrogen) atoms. The second-order valence-electron chi connectivity index (χ2n) is 7.44. The van der Waals surface area contributed by atoms with Gasteiger partial charge in [-0.3, -0.25) is 4.79 Å². The summed E-state index contributed by atoms with van der Waals surface area (Å²) in [4.78, 5) is 24.9. The lowest BCUT2D eigenvalue weighted by molar-refractivity contribution is 0.0734. The van der Waals surface area contributed by atoms with E-state index >= 15 is 0 Å². The molecule has 0 spiro atoms. The van der Waals surface area contributed by atoms with Crippen LogP contribution >= 0.6 is 15.9 Å². The largest absolute Gasteiger partial charge is 0.489 e. The number of hydrazone groups is 1. The number of nitrogens with one attached hydrogen (secondary N) is 1. The lowest BCUT2D eigenvalue weighted by atomic mass is 10.2. The van der Waals surface area contributed by atoms with Crippen LogP contribution in [0, 0.1) is 0 Å². The first-order valence-electron chi connectivity index (χ1n) is 10.8. The third kappa shape index (κ3) is 6.88. The predicted molar refractivity (Wildman–Crippen MR) is 138 cm³/mol. The number of hydrogen-bond acceptors (Lipinski definition) is 5. The maximum Gasteiger partial charge on any atom is 0.343 e. The van der Waals surface area contributed by atoms with Gasteiger partial charge in [0.1, 0.15) is 18.1 Å². The van der Waals surface area contributed by atoms with Gasteiger partial charge in [-0.05, 0) is 60.2 Å². The van der Waals surface area contributed by atoms with Gasteiger partial charge in [0.05, 0.1) is 11.8 Å². The molecule has 0 radical (unpaired) electrons. The normalized spacial score (nSPS) is 10.7. The molecule has 0 saturated carbocycles. The Hall–Kier alpha value is -4.23. The Morgan fingerprint density at radius 2 is 1.51 bits per heavy atom. The summed E-state index contributed by atoms with van der Waals surface area (Å²) in [5.74, 6) is 0.114. The number of halogens is 1. The SMILES string of the molecule is O=C(N/N=C\c1cc(Br)ccc1OC(=O)c1ccccc1)c1ccc(OCc2ccccc2)cc1. The summed E-state index contributed by atoms with van der Waals surface area (Å²) < 4.78 is 12.0. The van der Waals surface area contributed by atoms with Crippen molar-refractivity contribution in [2.75, 3.05) is 0 Å². The molecule has 1 amide bonds. The van der Waals surface area contributed by atoms with E-state index in [2.05, 4.69) is 26.5 Å². The van der Waals surface area contributed by atoms with Crippen molar-refractivity contribution < 1.29 is 19.1 Å². The van der Waals surface area contributed by atoms with Crippen molar-refractivity contribution in [3.63, 3.8) is 0 Å². The van der Waals surface area contributed by atoms with Crippen LogP contribution in [-0.2, 0) is 6.61 Å². The van der Waals surface area contributed by atoms with Crippen molar-refractivity contribution in [1.82, 2.24) is 5.43 Å². The zero-order valence-corrected chi connectivity index (χ0v) is 20.1. The van der Waals surface area contributed by atoms with Crippen molar-refractivity contribution in [1.29, 1.82) is 0 Å². The van der Waals surface area contributed by atoms with E-state index in [1.54, 1.807) is 66.7 Å². The van der Waals surface area contributed by atoms with Crippen LogP contribution in [0.25, 0.3) is 0 Å². The molecule has 0 atom stereocenters. The fourth-order valence-corrected chi connectivity index (χ4v) is 3.49. The first-order chi connectivity index (χ1) is 17.1. The molecule has 6 nitrogen and oxygen atoms in total. The summed E-state index contributed by atoms with van der Waals surface area (Å²) in [6.45, 7) is 0.445. The molecule has 7 heteroatoms. The Morgan fingerprint density at radius 1 is 0.829 bits per heavy atom. The summed E-state index contributed by atoms with van der Waals surface area (Å²) in [5.41, 5.74) is 4.94. The number of esters is 1. The highest BCUT2D eigenvalue weighted by atomic mass is 79.9. The van der Waals surface area contributed by atoms with E-state index in [0.29, 0.717) is 34.8 Å². The van der Waals surface area contributed by atoms with Gasteiger partial charge in [-0.25, -0.2) is 10.2 Å². The number of benzene rings is 4. The van der Waals surface area contributed by atoms with E-state index in [4.69, 9.17) is 9.47 Å². The van der Waals surface area contributed by atoms with E-state index in [9.17, 15) is 9.59 Å². The summed E-state index contributed by atoms with van der Waals surface area (Å²) in [6, 6.07) is 30.5. The van der Waals surface area contributed by atoms with Gasteiger partial charge in [-0.1, -0.05) is 64.5 Å². The molecule has 4 aromatic carbocycles. The first-order valence-corrected chi connectivity index (χ1v) is 11.5. The fourth-order valence-electron chi connectivity index (χ4n) is 3.11. The lowest BCUT2D eigenvalue weighted by Gasteiger charge is -2.08. The third-order valence-electron chi connectivity index (χ3n) is 4.92. The maximum absolute atomic E-state index is 12.5. The summed E-state index contributed by atoms with van der Waals surface area (Å²) in [7, 11) is 0. The Kier molecular flexibility index (Phi) is 8.04. The highest BCUT2D eigenvalue weighted by Gasteiger charge is 2.11. The van der Waals surface area contributed by atoms with Crippen molar-refractivity contribution in [2.45, 2.75) is 6.61 Å². The molecule has 4 rings (SSSR count). The maximum atomic E-state index is 12.5. The number of nitrogens with zero attached hydrogens (tertiary/aromatic N) is 1. The molecule has 0 aliphatic carbocycles. The van der Waals surface area contributed by atoms with Gasteiger partial charge >= 0.3 is 5.97 Å². The van der Waals surface area contributed by atoms with E-state index < -0.39 is 5.97 Å². The predicted octanol–water partition coefficient (Wildman–Crippen LogP) is 6.01. The summed E-state index contributed by atoms with van der Waals surface area (Å²) in [5, 5.41) is 4.03. The number of carbonyl (C=O) groups excluding carboxylic acids is 2. The molecule has 174 valence electrons. The highest BCUT2D eigenvalue weighted by Crippen LogP contribution is 2.23. The second-order valence-corrected chi connectivity index (χ2v) is 8.35. The van der Waals surface area contributed by atoms with Crippen LogP contribution in [0.1, 0.15) is 31.8 Å². The highest BCUT2D eigenvalue weighted by molar-refractivity contribution is 9.10. The summed E-state index contributed by atoms with van der Waals surface area (Å²) in [6.07, 6.45) is 1.42. The average Bonchev–Trinajstić information content (AvgIpc) is 2.90. The lowest BCUT2D eigenvalue weighted by Crippen LogP contribution is -2.17. The average molecular weight is 529 g/mol. The monoisotopic (exact) mass is 528 g/mol. The Bertz CT molecular complexity index is 1320. The van der Waals surface area contributed by atoms with Crippen molar-refractivity contribution in [3.05, 3.63) is 130 Å². The molecule has 1 N–H and O–H groups in total. The van der Waals surface area contributed by atoms with Gasteiger partial charge in [0.25, 0.3) is 5.91 Å². The van der Waals surface area contributed by atoms with Crippen LogP contribution in [-0.4, -0.2) is 18.1 Å². The van der Waals surface area contributed by atoms with Crippen molar-refractivity contribution in [2.24, 2.45) is 5.10 Å². The van der Waals surface area contributed by atoms with Gasteiger partial charge in [0, 0.05) is 15.6 Å². The molecular weight excluding hydrogens is 508 g/mol. The number of rotatable bonds is 8. The van der Waals surface area contributed by atoms with Crippen LogP contribution in [0.4, 0.5) is 0 Å². The smallest absolute Gasteiger partial charge is 0.343 e. The topological polar surface area (TPSA) is 77.0 Å². The summed E-state index contributed by atoms with van der Waals surface area (Å²) >= 11 is 3.40. The van der Waals surface area contributed by atoms with Gasteiger partial charge in [0.2, 0.25) is 0 Å². The van der Waals surface area contributed by atoms with Crippen LogP contribution in [0.2, 0.25) is 0 Å². The van der Waals surface area contributed by atoms with Gasteiger partial charge in [0.15, 0.2) is 0 Å². The first kappa shape index (κ1) is 23.9. The van der Waals surface area contributed by atoms with E-state index in [1.807, 2.05) is 36.4 Å².